The minimum atomic E-state index is -0.273. The average Bonchev–Trinajstić information content (AvgIpc) is 3.03. The Morgan fingerprint density at radius 1 is 1.08 bits per heavy atom. The Balaban J connectivity index is 1.47. The van der Waals surface area contributed by atoms with Gasteiger partial charge in [-0.25, -0.2) is 0 Å². The molecule has 0 spiro atoms. The molecule has 2 aromatic carbocycles. The molecule has 3 heteroatoms. The SMILES string of the molecule is CC1(C)O[C@H]2CN(Cc3ccccc3)CC[C@@H]2c2c1[nH]c1ccccc21. The number of hydrogen-bond acceptors (Lipinski definition) is 2. The van der Waals surface area contributed by atoms with E-state index >= 15 is 0 Å². The zero-order chi connectivity index (χ0) is 17.7. The van der Waals surface area contributed by atoms with Crippen molar-refractivity contribution in [3.63, 3.8) is 0 Å². The summed E-state index contributed by atoms with van der Waals surface area (Å²) in [7, 11) is 0. The number of rotatable bonds is 2. The number of nitrogens with one attached hydrogen (secondary N) is 1. The molecule has 2 aliphatic heterocycles. The second-order valence-corrected chi connectivity index (χ2v) is 8.24. The smallest absolute Gasteiger partial charge is 0.103 e. The van der Waals surface area contributed by atoms with Gasteiger partial charge >= 0.3 is 0 Å². The normalized spacial score (nSPS) is 25.0. The molecule has 0 amide bonds. The minimum Gasteiger partial charge on any atom is -0.364 e. The summed E-state index contributed by atoms with van der Waals surface area (Å²) < 4.78 is 6.63. The fourth-order valence-electron chi connectivity index (χ4n) is 4.88. The van der Waals surface area contributed by atoms with Crippen LogP contribution < -0.4 is 0 Å². The molecular formula is C23H26N2O. The first kappa shape index (κ1) is 16.1. The van der Waals surface area contributed by atoms with Crippen LogP contribution in [0.3, 0.4) is 0 Å². The van der Waals surface area contributed by atoms with E-state index in [9.17, 15) is 0 Å². The second kappa shape index (κ2) is 5.97. The number of para-hydroxylation sites is 1. The molecule has 26 heavy (non-hydrogen) atoms. The molecule has 0 radical (unpaired) electrons. The molecule has 0 unspecified atom stereocenters. The zero-order valence-corrected chi connectivity index (χ0v) is 15.5. The van der Waals surface area contributed by atoms with Gasteiger partial charge in [0.15, 0.2) is 0 Å². The number of aromatic amines is 1. The number of piperidine rings is 1. The number of nitrogens with zero attached hydrogens (tertiary/aromatic N) is 1. The largest absolute Gasteiger partial charge is 0.364 e. The third kappa shape index (κ3) is 2.58. The minimum absolute atomic E-state index is 0.258. The van der Waals surface area contributed by atoms with Crippen molar-refractivity contribution in [1.29, 1.82) is 0 Å². The van der Waals surface area contributed by atoms with Crippen molar-refractivity contribution >= 4 is 10.9 Å². The summed E-state index contributed by atoms with van der Waals surface area (Å²) in [6, 6.07) is 19.5. The Morgan fingerprint density at radius 2 is 1.85 bits per heavy atom. The Morgan fingerprint density at radius 3 is 2.69 bits per heavy atom. The molecule has 2 aliphatic rings. The maximum Gasteiger partial charge on any atom is 0.103 e. The first-order chi connectivity index (χ1) is 12.6. The summed E-state index contributed by atoms with van der Waals surface area (Å²) in [4.78, 5) is 6.20. The summed E-state index contributed by atoms with van der Waals surface area (Å²) in [6.45, 7) is 7.54. The standard InChI is InChI=1S/C23H26N2O/c1-23(2)22-21(17-10-6-7-11-19(17)24-22)18-12-13-25(15-20(18)26-23)14-16-8-4-3-5-9-16/h3-11,18,20,24H,12-15H2,1-2H3/t18-,20-/m0/s1. The summed E-state index contributed by atoms with van der Waals surface area (Å²) in [6.07, 6.45) is 1.41. The third-order valence-corrected chi connectivity index (χ3v) is 6.06. The van der Waals surface area contributed by atoms with Crippen LogP contribution in [-0.4, -0.2) is 29.1 Å². The number of aromatic nitrogens is 1. The summed E-state index contributed by atoms with van der Waals surface area (Å²) in [5, 5.41) is 1.38. The Hall–Kier alpha value is -2.10. The monoisotopic (exact) mass is 346 g/mol. The van der Waals surface area contributed by atoms with E-state index in [4.69, 9.17) is 4.74 Å². The van der Waals surface area contributed by atoms with Crippen molar-refractivity contribution in [3.8, 4) is 0 Å². The van der Waals surface area contributed by atoms with Crippen LogP contribution in [0, 0.1) is 0 Å². The maximum absolute atomic E-state index is 6.63. The number of ether oxygens (including phenoxy) is 1. The molecule has 3 aromatic rings. The molecule has 0 saturated carbocycles. The van der Waals surface area contributed by atoms with E-state index in [1.165, 1.54) is 27.7 Å². The highest BCUT2D eigenvalue weighted by molar-refractivity contribution is 5.86. The first-order valence-corrected chi connectivity index (χ1v) is 9.67. The number of benzene rings is 2. The molecule has 3 nitrogen and oxygen atoms in total. The summed E-state index contributed by atoms with van der Waals surface area (Å²) in [5.74, 6) is 0.487. The molecule has 3 heterocycles. The van der Waals surface area contributed by atoms with Gasteiger partial charge in [0.1, 0.15) is 5.60 Å². The van der Waals surface area contributed by atoms with Gasteiger partial charge in [0.25, 0.3) is 0 Å². The van der Waals surface area contributed by atoms with E-state index in [1.54, 1.807) is 0 Å². The van der Waals surface area contributed by atoms with Crippen LogP contribution in [0.5, 0.6) is 0 Å². The predicted octanol–water partition coefficient (Wildman–Crippen LogP) is 4.79. The van der Waals surface area contributed by atoms with E-state index in [0.29, 0.717) is 5.92 Å². The number of hydrogen-bond donors (Lipinski definition) is 1. The lowest BCUT2D eigenvalue weighted by atomic mass is 9.79. The van der Waals surface area contributed by atoms with Crippen molar-refractivity contribution in [2.75, 3.05) is 13.1 Å². The summed E-state index contributed by atoms with van der Waals surface area (Å²) in [5.41, 5.74) is 5.12. The van der Waals surface area contributed by atoms with Crippen LogP contribution in [0.2, 0.25) is 0 Å². The number of fused-ring (bicyclic) bond motifs is 5. The van der Waals surface area contributed by atoms with E-state index in [2.05, 4.69) is 78.3 Å². The van der Waals surface area contributed by atoms with Crippen LogP contribution >= 0.6 is 0 Å². The molecule has 0 aliphatic carbocycles. The molecule has 1 aromatic heterocycles. The van der Waals surface area contributed by atoms with Gasteiger partial charge in [-0.2, -0.15) is 0 Å². The molecule has 5 rings (SSSR count). The predicted molar refractivity (Wildman–Crippen MR) is 105 cm³/mol. The highest BCUT2D eigenvalue weighted by atomic mass is 16.5. The van der Waals surface area contributed by atoms with Gasteiger partial charge < -0.3 is 9.72 Å². The molecule has 1 fully saturated rings. The van der Waals surface area contributed by atoms with Crippen molar-refractivity contribution in [2.24, 2.45) is 0 Å². The molecule has 2 atom stereocenters. The fraction of sp³-hybridized carbons (Fsp3) is 0.391. The van der Waals surface area contributed by atoms with Crippen LogP contribution in [-0.2, 0) is 16.9 Å². The second-order valence-electron chi connectivity index (χ2n) is 8.24. The summed E-state index contributed by atoms with van der Waals surface area (Å²) >= 11 is 0. The molecular weight excluding hydrogens is 320 g/mol. The van der Waals surface area contributed by atoms with Crippen LogP contribution in [0.1, 0.15) is 43.0 Å². The van der Waals surface area contributed by atoms with Crippen molar-refractivity contribution in [3.05, 3.63) is 71.4 Å². The van der Waals surface area contributed by atoms with Gasteiger partial charge in [0.2, 0.25) is 0 Å². The van der Waals surface area contributed by atoms with E-state index in [-0.39, 0.29) is 11.7 Å². The van der Waals surface area contributed by atoms with Crippen LogP contribution in [0.25, 0.3) is 10.9 Å². The van der Waals surface area contributed by atoms with Gasteiger partial charge in [-0.3, -0.25) is 4.90 Å². The Kier molecular flexibility index (Phi) is 3.70. The lowest BCUT2D eigenvalue weighted by Crippen LogP contribution is -2.49. The van der Waals surface area contributed by atoms with Gasteiger partial charge in [0, 0.05) is 29.9 Å². The zero-order valence-electron chi connectivity index (χ0n) is 15.5. The highest BCUT2D eigenvalue weighted by Crippen LogP contribution is 2.47. The van der Waals surface area contributed by atoms with Gasteiger partial charge in [-0.15, -0.1) is 0 Å². The lowest BCUT2D eigenvalue weighted by molar-refractivity contribution is -0.125. The van der Waals surface area contributed by atoms with Gasteiger partial charge in [-0.1, -0.05) is 48.5 Å². The van der Waals surface area contributed by atoms with Crippen molar-refractivity contribution in [2.45, 2.75) is 44.4 Å². The number of H-pyrrole nitrogens is 1. The molecule has 1 N–H and O–H groups in total. The van der Waals surface area contributed by atoms with E-state index in [0.717, 1.165) is 26.1 Å². The molecule has 0 bridgehead atoms. The number of likely N-dealkylation sites (tertiary alicyclic amines) is 1. The van der Waals surface area contributed by atoms with E-state index < -0.39 is 0 Å². The lowest BCUT2D eigenvalue weighted by Gasteiger charge is -2.46. The van der Waals surface area contributed by atoms with Gasteiger partial charge in [-0.05, 0) is 44.0 Å². The quantitative estimate of drug-likeness (QED) is 0.722. The van der Waals surface area contributed by atoms with Crippen molar-refractivity contribution < 1.29 is 4.74 Å². The van der Waals surface area contributed by atoms with E-state index in [1.807, 2.05) is 0 Å². The Labute approximate surface area is 155 Å². The topological polar surface area (TPSA) is 28.3 Å². The Bertz CT molecular complexity index is 928. The third-order valence-electron chi connectivity index (χ3n) is 6.06. The van der Waals surface area contributed by atoms with Gasteiger partial charge in [0.05, 0.1) is 11.8 Å². The first-order valence-electron chi connectivity index (χ1n) is 9.67. The van der Waals surface area contributed by atoms with Crippen LogP contribution in [0.15, 0.2) is 54.6 Å². The van der Waals surface area contributed by atoms with Crippen molar-refractivity contribution in [1.82, 2.24) is 9.88 Å². The fourth-order valence-corrected chi connectivity index (χ4v) is 4.88. The van der Waals surface area contributed by atoms with Crippen LogP contribution in [0.4, 0.5) is 0 Å². The molecule has 1 saturated heterocycles. The maximum atomic E-state index is 6.63. The molecule has 134 valence electrons. The highest BCUT2D eigenvalue weighted by Gasteiger charge is 2.44. The average molecular weight is 346 g/mol.